The van der Waals surface area contributed by atoms with E-state index in [1.807, 2.05) is 4.72 Å². The molecule has 0 aliphatic rings. The second-order valence-corrected chi connectivity index (χ2v) is 6.89. The minimum atomic E-state index is -3.92. The summed E-state index contributed by atoms with van der Waals surface area (Å²) in [5.74, 6) is -0.829. The zero-order chi connectivity index (χ0) is 15.0. The Labute approximate surface area is 129 Å². The number of nitrogens with zero attached hydrogens (tertiary/aromatic N) is 2. The number of aromatic nitrogens is 2. The van der Waals surface area contributed by atoms with Gasteiger partial charge in [-0.15, -0.1) is 0 Å². The predicted octanol–water partition coefficient (Wildman–Crippen LogP) is 2.17. The monoisotopic (exact) mass is 341 g/mol. The maximum absolute atomic E-state index is 12.2. The molecule has 0 atom stereocenters. The number of sulfonamides is 1. The smallest absolute Gasteiger partial charge is 0.285 e. The van der Waals surface area contributed by atoms with Crippen LogP contribution in [0.2, 0.25) is 5.15 Å². The number of carbonyl (C=O) groups is 1. The standard InChI is InChI=1S/C12H8ClN3O3S2/c13-11-10(16-5-2-1-3-9(16)14-11)12(17)15-21(18,19)8-4-6-20-7-8/h1-7H,(H,15,17). The van der Waals surface area contributed by atoms with Crippen LogP contribution in [-0.2, 0) is 10.0 Å². The number of imidazole rings is 1. The van der Waals surface area contributed by atoms with Gasteiger partial charge in [-0.2, -0.15) is 11.3 Å². The van der Waals surface area contributed by atoms with Crippen molar-refractivity contribution in [1.29, 1.82) is 0 Å². The molecule has 0 unspecified atom stereocenters. The Bertz CT molecular complexity index is 917. The van der Waals surface area contributed by atoms with Gasteiger partial charge >= 0.3 is 0 Å². The summed E-state index contributed by atoms with van der Waals surface area (Å²) in [4.78, 5) is 16.3. The van der Waals surface area contributed by atoms with Gasteiger partial charge in [0.15, 0.2) is 10.8 Å². The van der Waals surface area contributed by atoms with E-state index in [0.29, 0.717) is 5.65 Å². The normalized spacial score (nSPS) is 11.7. The van der Waals surface area contributed by atoms with Crippen molar-refractivity contribution in [2.75, 3.05) is 0 Å². The third-order valence-corrected chi connectivity index (χ3v) is 5.16. The summed E-state index contributed by atoms with van der Waals surface area (Å²) in [5.41, 5.74) is 0.437. The Morgan fingerprint density at radius 2 is 2.14 bits per heavy atom. The first kappa shape index (κ1) is 14.1. The van der Waals surface area contributed by atoms with Crippen molar-refractivity contribution in [1.82, 2.24) is 14.1 Å². The lowest BCUT2D eigenvalue weighted by Crippen LogP contribution is -2.31. The van der Waals surface area contributed by atoms with Gasteiger partial charge in [0.1, 0.15) is 5.65 Å². The van der Waals surface area contributed by atoms with Crippen LogP contribution in [0.4, 0.5) is 0 Å². The Morgan fingerprint density at radius 3 is 2.86 bits per heavy atom. The van der Waals surface area contributed by atoms with Crippen molar-refractivity contribution >= 4 is 44.5 Å². The van der Waals surface area contributed by atoms with Crippen molar-refractivity contribution in [2.45, 2.75) is 4.90 Å². The second-order valence-electron chi connectivity index (χ2n) is 4.07. The summed E-state index contributed by atoms with van der Waals surface area (Å²) in [5, 5.41) is 2.99. The molecule has 0 saturated carbocycles. The van der Waals surface area contributed by atoms with Gasteiger partial charge in [0.2, 0.25) is 0 Å². The van der Waals surface area contributed by atoms with Crippen LogP contribution >= 0.6 is 22.9 Å². The molecule has 6 nitrogen and oxygen atoms in total. The van der Waals surface area contributed by atoms with E-state index in [0.717, 1.165) is 0 Å². The highest BCUT2D eigenvalue weighted by Crippen LogP contribution is 2.19. The molecule has 0 aliphatic heterocycles. The van der Waals surface area contributed by atoms with Gasteiger partial charge in [0, 0.05) is 11.6 Å². The predicted molar refractivity (Wildman–Crippen MR) is 79.2 cm³/mol. The van der Waals surface area contributed by atoms with Crippen LogP contribution in [0.25, 0.3) is 5.65 Å². The van der Waals surface area contributed by atoms with Gasteiger partial charge in [-0.25, -0.2) is 18.1 Å². The molecule has 108 valence electrons. The Morgan fingerprint density at radius 1 is 1.33 bits per heavy atom. The number of rotatable bonds is 3. The lowest BCUT2D eigenvalue weighted by molar-refractivity contribution is 0.0976. The molecular formula is C12H8ClN3O3S2. The third-order valence-electron chi connectivity index (χ3n) is 2.73. The molecule has 0 saturated heterocycles. The van der Waals surface area contributed by atoms with Gasteiger partial charge in [0.25, 0.3) is 15.9 Å². The highest BCUT2D eigenvalue weighted by atomic mass is 35.5. The molecule has 3 aromatic heterocycles. The number of amides is 1. The average molecular weight is 342 g/mol. The van der Waals surface area contributed by atoms with E-state index in [1.54, 1.807) is 29.8 Å². The molecule has 21 heavy (non-hydrogen) atoms. The van der Waals surface area contributed by atoms with E-state index < -0.39 is 15.9 Å². The first-order valence-corrected chi connectivity index (χ1v) is 8.51. The minimum Gasteiger partial charge on any atom is -0.294 e. The van der Waals surface area contributed by atoms with Crippen molar-refractivity contribution in [2.24, 2.45) is 0 Å². The summed E-state index contributed by atoms with van der Waals surface area (Å²) < 4.78 is 27.5. The van der Waals surface area contributed by atoms with Gasteiger partial charge in [-0.1, -0.05) is 17.7 Å². The lowest BCUT2D eigenvalue weighted by Gasteiger charge is -2.05. The van der Waals surface area contributed by atoms with Crippen LogP contribution in [0.3, 0.4) is 0 Å². The quantitative estimate of drug-likeness (QED) is 0.791. The SMILES string of the molecule is O=C(NS(=O)(=O)c1ccsc1)c1c(Cl)nc2ccccn12. The molecule has 9 heteroatoms. The number of carbonyl (C=O) groups excluding carboxylic acids is 1. The minimum absolute atomic E-state index is 0.0222. The third kappa shape index (κ3) is 2.53. The van der Waals surface area contributed by atoms with E-state index in [-0.39, 0.29) is 15.7 Å². The van der Waals surface area contributed by atoms with E-state index in [1.165, 1.54) is 27.2 Å². The molecule has 0 aromatic carbocycles. The van der Waals surface area contributed by atoms with E-state index in [9.17, 15) is 13.2 Å². The fourth-order valence-corrected chi connectivity index (χ4v) is 4.05. The van der Waals surface area contributed by atoms with Gasteiger partial charge in [-0.05, 0) is 23.6 Å². The summed E-state index contributed by atoms with van der Waals surface area (Å²) in [6.07, 6.45) is 1.58. The fourth-order valence-electron chi connectivity index (χ4n) is 1.80. The topological polar surface area (TPSA) is 80.5 Å². The molecule has 0 fully saturated rings. The van der Waals surface area contributed by atoms with E-state index in [4.69, 9.17) is 11.6 Å². The second kappa shape index (κ2) is 5.14. The highest BCUT2D eigenvalue weighted by Gasteiger charge is 2.24. The molecule has 3 aromatic rings. The number of hydrogen-bond acceptors (Lipinski definition) is 5. The number of nitrogens with one attached hydrogen (secondary N) is 1. The van der Waals surface area contributed by atoms with Crippen molar-refractivity contribution < 1.29 is 13.2 Å². The molecule has 3 rings (SSSR count). The molecule has 0 radical (unpaired) electrons. The number of pyridine rings is 1. The van der Waals surface area contributed by atoms with E-state index >= 15 is 0 Å². The van der Waals surface area contributed by atoms with Crippen LogP contribution in [-0.4, -0.2) is 23.7 Å². The average Bonchev–Trinajstić information content (AvgIpc) is 3.04. The Kier molecular flexibility index (Phi) is 3.44. The summed E-state index contributed by atoms with van der Waals surface area (Å²) in [6, 6.07) is 6.50. The summed E-state index contributed by atoms with van der Waals surface area (Å²) in [6.45, 7) is 0. The molecule has 0 bridgehead atoms. The van der Waals surface area contributed by atoms with Gasteiger partial charge < -0.3 is 0 Å². The van der Waals surface area contributed by atoms with E-state index in [2.05, 4.69) is 4.98 Å². The van der Waals surface area contributed by atoms with Crippen molar-refractivity contribution in [3.63, 3.8) is 0 Å². The fraction of sp³-hybridized carbons (Fsp3) is 0. The van der Waals surface area contributed by atoms with Crippen LogP contribution in [0.15, 0.2) is 46.1 Å². The van der Waals surface area contributed by atoms with Gasteiger partial charge in [0.05, 0.1) is 4.90 Å². The van der Waals surface area contributed by atoms with Gasteiger partial charge in [-0.3, -0.25) is 9.20 Å². The van der Waals surface area contributed by atoms with Crippen molar-refractivity contribution in [3.8, 4) is 0 Å². The maximum Gasteiger partial charge on any atom is 0.285 e. The van der Waals surface area contributed by atoms with Crippen LogP contribution in [0, 0.1) is 0 Å². The molecular weight excluding hydrogens is 334 g/mol. The highest BCUT2D eigenvalue weighted by molar-refractivity contribution is 7.90. The zero-order valence-corrected chi connectivity index (χ0v) is 12.7. The Balaban J connectivity index is 2.00. The first-order valence-electron chi connectivity index (χ1n) is 5.71. The first-order chi connectivity index (χ1) is 9.99. The number of thiophene rings is 1. The zero-order valence-electron chi connectivity index (χ0n) is 10.4. The summed E-state index contributed by atoms with van der Waals surface area (Å²) >= 11 is 7.15. The van der Waals surface area contributed by atoms with Crippen LogP contribution in [0.5, 0.6) is 0 Å². The molecule has 3 heterocycles. The molecule has 0 aliphatic carbocycles. The van der Waals surface area contributed by atoms with Crippen LogP contribution in [0.1, 0.15) is 10.5 Å². The molecule has 1 amide bonds. The van der Waals surface area contributed by atoms with Crippen LogP contribution < -0.4 is 4.72 Å². The molecule has 0 spiro atoms. The lowest BCUT2D eigenvalue weighted by atomic mass is 10.4. The number of hydrogen-bond donors (Lipinski definition) is 1. The number of fused-ring (bicyclic) bond motifs is 1. The molecule has 1 N–H and O–H groups in total. The Hall–Kier alpha value is -1.90. The summed E-state index contributed by atoms with van der Waals surface area (Å²) in [7, 11) is -3.92. The largest absolute Gasteiger partial charge is 0.294 e. The number of halogens is 1. The maximum atomic E-state index is 12.2. The van der Waals surface area contributed by atoms with Crippen molar-refractivity contribution in [3.05, 3.63) is 52.1 Å².